The van der Waals surface area contributed by atoms with Gasteiger partial charge in [0, 0.05) is 0 Å². The summed E-state index contributed by atoms with van der Waals surface area (Å²) in [4.78, 5) is 0. The van der Waals surface area contributed by atoms with E-state index < -0.39 is 84.3 Å². The van der Waals surface area contributed by atoms with Gasteiger partial charge >= 0.3 is 47.6 Å². The molecule has 1 aliphatic carbocycles. The molecule has 1 nitrogen and oxygen atoms in total. The summed E-state index contributed by atoms with van der Waals surface area (Å²) in [5.74, 6) is -56.5. The predicted octanol–water partition coefficient (Wildman–Crippen LogP) is 10.9. The Balaban J connectivity index is 2.60. The van der Waals surface area contributed by atoms with Gasteiger partial charge in [0.05, 0.1) is 12.0 Å². The van der Waals surface area contributed by atoms with Crippen molar-refractivity contribution in [1.82, 2.24) is 0 Å². The molecule has 0 aliphatic heterocycles. The Labute approximate surface area is 240 Å². The van der Waals surface area contributed by atoms with E-state index in [1.807, 2.05) is 6.92 Å². The summed E-state index contributed by atoms with van der Waals surface area (Å²) in [6, 6.07) is 3.28. The molecule has 1 aliphatic rings. The van der Waals surface area contributed by atoms with Crippen molar-refractivity contribution in [1.29, 1.82) is 0 Å². The second-order valence-corrected chi connectivity index (χ2v) is 10.6. The minimum absolute atomic E-state index is 0.0179. The van der Waals surface area contributed by atoms with E-state index in [0.717, 1.165) is 31.4 Å². The van der Waals surface area contributed by atoms with Gasteiger partial charge in [-0.2, -0.15) is 74.6 Å². The summed E-state index contributed by atoms with van der Waals surface area (Å²) in [6.45, 7) is 2.04. The quantitative estimate of drug-likeness (QED) is 0.141. The largest absolute Gasteiger partial charge is 0.494 e. The summed E-state index contributed by atoms with van der Waals surface area (Å²) < 4.78 is 243. The number of alkyl halides is 17. The number of ether oxygens (including phenoxy) is 1. The maximum absolute atomic E-state index is 15.6. The smallest absolute Gasteiger partial charge is 0.460 e. The van der Waals surface area contributed by atoms with E-state index in [4.69, 9.17) is 4.74 Å². The van der Waals surface area contributed by atoms with E-state index in [-0.39, 0.29) is 18.8 Å². The van der Waals surface area contributed by atoms with E-state index in [1.165, 1.54) is 0 Å². The van der Waals surface area contributed by atoms with Crippen molar-refractivity contribution >= 4 is 0 Å². The monoisotopic (exact) mass is 678 g/mol. The van der Waals surface area contributed by atoms with Gasteiger partial charge in [-0.25, -0.2) is 0 Å². The highest BCUT2D eigenvalue weighted by Crippen LogP contribution is 2.67. The molecule has 1 aromatic carbocycles. The fourth-order valence-corrected chi connectivity index (χ4v) is 4.99. The molecular weight excluding hydrogens is 651 g/mol. The topological polar surface area (TPSA) is 9.23 Å². The summed E-state index contributed by atoms with van der Waals surface area (Å²) in [5.41, 5.74) is -4.42. The molecule has 44 heavy (non-hydrogen) atoms. The van der Waals surface area contributed by atoms with E-state index in [1.54, 1.807) is 0 Å². The predicted molar refractivity (Wildman–Crippen MR) is 122 cm³/mol. The summed E-state index contributed by atoms with van der Waals surface area (Å²) in [7, 11) is 0. The standard InChI is InChI=1S/C26H27F17O/c1-2-3-4-8-15-44-17-11-9-16(10-12-17)18(13-6-5-7-14-18)19(27,28)20(29,30)21(31,32)22(33,34)23(35,36)24(37,38)25(39,40)26(41,42)43/h9-12H,2-8,13-15H2,1H3. The highest BCUT2D eigenvalue weighted by Gasteiger charge is 2.96. The van der Waals surface area contributed by atoms with E-state index in [2.05, 4.69) is 0 Å². The molecule has 0 aromatic heterocycles. The lowest BCUT2D eigenvalue weighted by atomic mass is 9.62. The number of hydrogen-bond donors (Lipinski definition) is 0. The van der Waals surface area contributed by atoms with Gasteiger partial charge in [-0.1, -0.05) is 57.6 Å². The number of benzene rings is 1. The Hall–Kier alpha value is -2.17. The van der Waals surface area contributed by atoms with Crippen molar-refractivity contribution in [2.75, 3.05) is 6.61 Å². The van der Waals surface area contributed by atoms with Crippen molar-refractivity contribution in [2.45, 2.75) is 118 Å². The lowest BCUT2D eigenvalue weighted by Gasteiger charge is -2.49. The molecule has 0 radical (unpaired) electrons. The number of halogens is 17. The third-order valence-corrected chi connectivity index (χ3v) is 7.70. The van der Waals surface area contributed by atoms with Crippen LogP contribution in [0.5, 0.6) is 5.75 Å². The molecule has 0 amide bonds. The van der Waals surface area contributed by atoms with Crippen LogP contribution < -0.4 is 4.74 Å². The zero-order valence-electron chi connectivity index (χ0n) is 22.7. The van der Waals surface area contributed by atoms with Crippen LogP contribution in [0, 0.1) is 0 Å². The SMILES string of the molecule is CCCCCCOc1ccc(C2(C(F)(F)C(F)(F)C(F)(F)C(F)(F)C(F)(F)C(F)(F)C(F)(F)C(F)(F)F)CCCCC2)cc1. The Morgan fingerprint density at radius 3 is 1.41 bits per heavy atom. The van der Waals surface area contributed by atoms with Gasteiger partial charge in [0.15, 0.2) is 0 Å². The minimum atomic E-state index is -8.64. The molecule has 0 N–H and O–H groups in total. The molecule has 18 heteroatoms. The van der Waals surface area contributed by atoms with E-state index in [0.29, 0.717) is 18.6 Å². The first kappa shape index (κ1) is 38.0. The number of rotatable bonds is 14. The molecule has 256 valence electrons. The van der Waals surface area contributed by atoms with Crippen molar-refractivity contribution in [3.63, 3.8) is 0 Å². The first-order valence-corrected chi connectivity index (χ1v) is 13.2. The Kier molecular flexibility index (Phi) is 10.6. The molecule has 0 atom stereocenters. The van der Waals surface area contributed by atoms with Crippen LogP contribution in [0.2, 0.25) is 0 Å². The van der Waals surface area contributed by atoms with Crippen LogP contribution in [0.1, 0.15) is 70.3 Å². The molecule has 0 bridgehead atoms. The lowest BCUT2D eigenvalue weighted by molar-refractivity contribution is -0.464. The zero-order valence-corrected chi connectivity index (χ0v) is 22.7. The van der Waals surface area contributed by atoms with Crippen molar-refractivity contribution in [2.24, 2.45) is 0 Å². The van der Waals surface area contributed by atoms with Crippen LogP contribution in [0.25, 0.3) is 0 Å². The Morgan fingerprint density at radius 2 is 0.977 bits per heavy atom. The van der Waals surface area contributed by atoms with Crippen molar-refractivity contribution < 1.29 is 79.4 Å². The highest BCUT2D eigenvalue weighted by atomic mass is 19.4. The molecule has 1 saturated carbocycles. The lowest BCUT2D eigenvalue weighted by Crippen LogP contribution is -2.76. The second-order valence-electron chi connectivity index (χ2n) is 10.6. The van der Waals surface area contributed by atoms with Crippen LogP contribution in [0.3, 0.4) is 0 Å². The van der Waals surface area contributed by atoms with Crippen LogP contribution >= 0.6 is 0 Å². The Bertz CT molecular complexity index is 1090. The first-order valence-electron chi connectivity index (χ1n) is 13.2. The number of hydrogen-bond acceptors (Lipinski definition) is 1. The van der Waals surface area contributed by atoms with Gasteiger partial charge in [-0.3, -0.25) is 0 Å². The molecule has 0 unspecified atom stereocenters. The normalized spacial score (nSPS) is 18.0. The van der Waals surface area contributed by atoms with Gasteiger partial charge in [0.1, 0.15) is 5.75 Å². The van der Waals surface area contributed by atoms with Crippen LogP contribution in [0.4, 0.5) is 74.6 Å². The van der Waals surface area contributed by atoms with Gasteiger partial charge < -0.3 is 4.74 Å². The Morgan fingerprint density at radius 1 is 0.545 bits per heavy atom. The van der Waals surface area contributed by atoms with Gasteiger partial charge in [-0.15, -0.1) is 0 Å². The fraction of sp³-hybridized carbons (Fsp3) is 0.769. The summed E-state index contributed by atoms with van der Waals surface area (Å²) in [6.07, 6.45) is -7.86. The molecule has 1 fully saturated rings. The van der Waals surface area contributed by atoms with Gasteiger partial charge in [-0.05, 0) is 37.0 Å². The molecule has 0 spiro atoms. The number of unbranched alkanes of at least 4 members (excludes halogenated alkanes) is 3. The average Bonchev–Trinajstić information content (AvgIpc) is 2.92. The fourth-order valence-electron chi connectivity index (χ4n) is 4.99. The molecule has 0 saturated heterocycles. The maximum Gasteiger partial charge on any atom is 0.460 e. The van der Waals surface area contributed by atoms with Gasteiger partial charge in [0.25, 0.3) is 0 Å². The summed E-state index contributed by atoms with van der Waals surface area (Å²) in [5, 5.41) is 0. The van der Waals surface area contributed by atoms with E-state index >= 15 is 8.78 Å². The third kappa shape index (κ3) is 5.68. The minimum Gasteiger partial charge on any atom is -0.494 e. The first-order chi connectivity index (χ1) is 19.7. The zero-order chi connectivity index (χ0) is 34.3. The second kappa shape index (κ2) is 12.2. The van der Waals surface area contributed by atoms with E-state index in [9.17, 15) is 65.9 Å². The highest BCUT2D eigenvalue weighted by molar-refractivity contribution is 5.37. The molecule has 0 heterocycles. The molecule has 2 rings (SSSR count). The van der Waals surface area contributed by atoms with Crippen LogP contribution in [-0.4, -0.2) is 54.2 Å². The van der Waals surface area contributed by atoms with Crippen LogP contribution in [-0.2, 0) is 5.41 Å². The van der Waals surface area contributed by atoms with Crippen molar-refractivity contribution in [3.05, 3.63) is 29.8 Å². The van der Waals surface area contributed by atoms with Gasteiger partial charge in [0.2, 0.25) is 0 Å². The maximum atomic E-state index is 15.6. The third-order valence-electron chi connectivity index (χ3n) is 7.70. The average molecular weight is 678 g/mol. The summed E-state index contributed by atoms with van der Waals surface area (Å²) >= 11 is 0. The molecular formula is C26H27F17O. The van der Waals surface area contributed by atoms with Crippen molar-refractivity contribution in [3.8, 4) is 5.75 Å². The molecule has 1 aromatic rings. The van der Waals surface area contributed by atoms with Crippen LogP contribution in [0.15, 0.2) is 24.3 Å².